The Morgan fingerprint density at radius 3 is 1.19 bits per heavy atom. The van der Waals surface area contributed by atoms with Crippen molar-refractivity contribution < 1.29 is 9.59 Å². The van der Waals surface area contributed by atoms with Gasteiger partial charge in [0, 0.05) is 25.9 Å². The van der Waals surface area contributed by atoms with Gasteiger partial charge in [-0.25, -0.2) is 0 Å². The second-order valence-corrected chi connectivity index (χ2v) is 4.05. The van der Waals surface area contributed by atoms with Crippen LogP contribution in [0.4, 0.5) is 0 Å². The summed E-state index contributed by atoms with van der Waals surface area (Å²) in [7, 11) is 3.93. The average molecular weight is 228 g/mol. The first-order chi connectivity index (χ1) is 7.58. The molecule has 0 atom stereocenters. The van der Waals surface area contributed by atoms with Gasteiger partial charge in [0.15, 0.2) is 0 Å². The second kappa shape index (κ2) is 8.42. The number of carbonyl (C=O) groups is 2. The highest BCUT2D eigenvalue weighted by Crippen LogP contribution is 1.98. The van der Waals surface area contributed by atoms with Gasteiger partial charge in [0.25, 0.3) is 0 Å². The molecule has 0 N–H and O–H groups in total. The van der Waals surface area contributed by atoms with Crippen LogP contribution >= 0.6 is 0 Å². The zero-order chi connectivity index (χ0) is 12.6. The van der Waals surface area contributed by atoms with Crippen molar-refractivity contribution in [2.45, 2.75) is 26.7 Å². The fraction of sp³-hybridized carbons (Fsp3) is 0.833. The SMILES string of the molecule is CC.CN1CCC(=O)C1.CN1CCC(=O)C1. The molecule has 2 fully saturated rings. The highest BCUT2D eigenvalue weighted by Gasteiger charge is 2.14. The van der Waals surface area contributed by atoms with Gasteiger partial charge < -0.3 is 0 Å². The van der Waals surface area contributed by atoms with Crippen molar-refractivity contribution in [3.05, 3.63) is 0 Å². The number of Topliss-reactive ketones (excluding diaryl/α,β-unsaturated/α-hetero) is 2. The van der Waals surface area contributed by atoms with Gasteiger partial charge in [-0.2, -0.15) is 0 Å². The van der Waals surface area contributed by atoms with Gasteiger partial charge in [-0.3, -0.25) is 19.4 Å². The lowest BCUT2D eigenvalue weighted by molar-refractivity contribution is -0.117. The van der Waals surface area contributed by atoms with Gasteiger partial charge in [-0.05, 0) is 14.1 Å². The van der Waals surface area contributed by atoms with Crippen molar-refractivity contribution in [2.24, 2.45) is 0 Å². The molecule has 0 spiro atoms. The predicted octanol–water partition coefficient (Wildman–Crippen LogP) is 0.808. The van der Waals surface area contributed by atoms with E-state index in [0.29, 0.717) is 24.7 Å². The molecule has 0 bridgehead atoms. The molecular weight excluding hydrogens is 204 g/mol. The number of rotatable bonds is 0. The number of likely N-dealkylation sites (tertiary alicyclic amines) is 2. The van der Waals surface area contributed by atoms with E-state index in [9.17, 15) is 9.59 Å². The van der Waals surface area contributed by atoms with Gasteiger partial charge in [-0.15, -0.1) is 0 Å². The first-order valence-corrected chi connectivity index (χ1v) is 5.98. The molecule has 0 amide bonds. The molecule has 16 heavy (non-hydrogen) atoms. The number of ketones is 2. The molecular formula is C12H24N2O2. The zero-order valence-electron chi connectivity index (χ0n) is 11.0. The van der Waals surface area contributed by atoms with E-state index >= 15 is 0 Å². The fourth-order valence-corrected chi connectivity index (χ4v) is 1.55. The number of carbonyl (C=O) groups excluding carboxylic acids is 2. The van der Waals surface area contributed by atoms with Gasteiger partial charge in [0.2, 0.25) is 0 Å². The van der Waals surface area contributed by atoms with Crippen molar-refractivity contribution >= 4 is 11.6 Å². The lowest BCUT2D eigenvalue weighted by Gasteiger charge is -1.99. The zero-order valence-corrected chi connectivity index (χ0v) is 11.0. The Bertz CT molecular complexity index is 205. The van der Waals surface area contributed by atoms with Crippen LogP contribution in [0.1, 0.15) is 26.7 Å². The van der Waals surface area contributed by atoms with Crippen LogP contribution in [0.5, 0.6) is 0 Å². The Balaban J connectivity index is 0.000000244. The fourth-order valence-electron chi connectivity index (χ4n) is 1.55. The summed E-state index contributed by atoms with van der Waals surface area (Å²) in [4.78, 5) is 24.9. The van der Waals surface area contributed by atoms with E-state index in [0.717, 1.165) is 25.9 Å². The monoisotopic (exact) mass is 228 g/mol. The number of nitrogens with zero attached hydrogens (tertiary/aromatic N) is 2. The molecule has 0 saturated carbocycles. The smallest absolute Gasteiger partial charge is 0.148 e. The Morgan fingerprint density at radius 2 is 1.12 bits per heavy atom. The van der Waals surface area contributed by atoms with E-state index in [2.05, 4.69) is 0 Å². The van der Waals surface area contributed by atoms with Crippen molar-refractivity contribution in [1.29, 1.82) is 0 Å². The minimum Gasteiger partial charge on any atom is -0.299 e. The molecule has 4 nitrogen and oxygen atoms in total. The summed E-state index contributed by atoms with van der Waals surface area (Å²) in [5, 5.41) is 0. The molecule has 2 aliphatic heterocycles. The minimum absolute atomic E-state index is 0.377. The Hall–Kier alpha value is -0.740. The summed E-state index contributed by atoms with van der Waals surface area (Å²) < 4.78 is 0. The van der Waals surface area contributed by atoms with E-state index in [-0.39, 0.29) is 0 Å². The normalized spacial score (nSPS) is 21.2. The van der Waals surface area contributed by atoms with Crippen LogP contribution in [0.25, 0.3) is 0 Å². The molecule has 2 saturated heterocycles. The Morgan fingerprint density at radius 1 is 0.812 bits per heavy atom. The van der Waals surface area contributed by atoms with Crippen molar-refractivity contribution in [3.63, 3.8) is 0 Å². The number of hydrogen-bond acceptors (Lipinski definition) is 4. The molecule has 2 rings (SSSR count). The van der Waals surface area contributed by atoms with Crippen molar-refractivity contribution in [2.75, 3.05) is 40.3 Å². The van der Waals surface area contributed by atoms with Crippen LogP contribution in [0.2, 0.25) is 0 Å². The largest absolute Gasteiger partial charge is 0.299 e. The summed E-state index contributed by atoms with van der Waals surface area (Å²) in [6.45, 7) is 7.25. The Labute approximate surface area is 98.6 Å². The van der Waals surface area contributed by atoms with Crippen molar-refractivity contribution in [1.82, 2.24) is 9.80 Å². The molecule has 2 heterocycles. The lowest BCUT2D eigenvalue weighted by atomic mass is 10.4. The number of likely N-dealkylation sites (N-methyl/N-ethyl adjacent to an activating group) is 2. The highest BCUT2D eigenvalue weighted by atomic mass is 16.1. The third kappa shape index (κ3) is 6.69. The van der Waals surface area contributed by atoms with Gasteiger partial charge in [0.1, 0.15) is 11.6 Å². The van der Waals surface area contributed by atoms with E-state index < -0.39 is 0 Å². The lowest BCUT2D eigenvalue weighted by Crippen LogP contribution is -2.13. The maximum atomic E-state index is 10.4. The molecule has 0 radical (unpaired) electrons. The number of hydrogen-bond donors (Lipinski definition) is 0. The summed E-state index contributed by atoms with van der Waals surface area (Å²) in [5.74, 6) is 0.755. The van der Waals surface area contributed by atoms with Crippen LogP contribution in [0.3, 0.4) is 0 Å². The van der Waals surface area contributed by atoms with Gasteiger partial charge >= 0.3 is 0 Å². The van der Waals surface area contributed by atoms with Crippen LogP contribution in [-0.4, -0.2) is 61.6 Å². The topological polar surface area (TPSA) is 40.6 Å². The van der Waals surface area contributed by atoms with Crippen LogP contribution < -0.4 is 0 Å². The van der Waals surface area contributed by atoms with E-state index in [4.69, 9.17) is 0 Å². The molecule has 0 aromatic rings. The molecule has 94 valence electrons. The summed E-state index contributed by atoms with van der Waals surface area (Å²) in [6, 6.07) is 0. The summed E-state index contributed by atoms with van der Waals surface area (Å²) in [6.07, 6.45) is 1.52. The van der Waals surface area contributed by atoms with Crippen LogP contribution in [0, 0.1) is 0 Å². The minimum atomic E-state index is 0.377. The van der Waals surface area contributed by atoms with Crippen LogP contribution in [-0.2, 0) is 9.59 Å². The second-order valence-electron chi connectivity index (χ2n) is 4.05. The first-order valence-electron chi connectivity index (χ1n) is 5.98. The Kier molecular flexibility index (Phi) is 8.03. The molecule has 0 unspecified atom stereocenters. The average Bonchev–Trinajstić information content (AvgIpc) is 2.80. The van der Waals surface area contributed by atoms with Gasteiger partial charge in [-0.1, -0.05) is 13.8 Å². The third-order valence-electron chi connectivity index (χ3n) is 2.44. The third-order valence-corrected chi connectivity index (χ3v) is 2.44. The highest BCUT2D eigenvalue weighted by molar-refractivity contribution is 5.82. The first kappa shape index (κ1) is 15.3. The standard InChI is InChI=1S/2C5H9NO.C2H6/c2*1-6-3-2-5(7)4-6;1-2/h2*2-4H2,1H3;1-2H3. The van der Waals surface area contributed by atoms with Crippen molar-refractivity contribution in [3.8, 4) is 0 Å². The summed E-state index contributed by atoms with van der Waals surface area (Å²) in [5.41, 5.74) is 0. The molecule has 0 aromatic heterocycles. The van der Waals surface area contributed by atoms with Gasteiger partial charge in [0.05, 0.1) is 13.1 Å². The van der Waals surface area contributed by atoms with E-state index in [1.54, 1.807) is 0 Å². The quantitative estimate of drug-likeness (QED) is 0.615. The molecule has 0 aliphatic carbocycles. The van der Waals surface area contributed by atoms with E-state index in [1.807, 2.05) is 37.7 Å². The molecule has 0 aromatic carbocycles. The molecule has 4 heteroatoms. The van der Waals surface area contributed by atoms with E-state index in [1.165, 1.54) is 0 Å². The predicted molar refractivity (Wildman–Crippen MR) is 65.6 cm³/mol. The maximum Gasteiger partial charge on any atom is 0.148 e. The molecule has 2 aliphatic rings. The maximum absolute atomic E-state index is 10.4. The summed E-state index contributed by atoms with van der Waals surface area (Å²) >= 11 is 0. The van der Waals surface area contributed by atoms with Crippen LogP contribution in [0.15, 0.2) is 0 Å².